The van der Waals surface area contributed by atoms with Crippen molar-refractivity contribution in [2.24, 2.45) is 34.5 Å². The van der Waals surface area contributed by atoms with Gasteiger partial charge < -0.3 is 76.7 Å². The molecule has 0 radical (unpaired) electrons. The fourth-order valence-electron chi connectivity index (χ4n) is 15.1. The van der Waals surface area contributed by atoms with Crippen LogP contribution in [0.3, 0.4) is 0 Å². The molecule has 13 atom stereocenters. The molecule has 2 saturated carbocycles. The summed E-state index contributed by atoms with van der Waals surface area (Å²) in [5.74, 6) is -6.86. The molecule has 9 N–H and O–H groups in total. The largest absolute Gasteiger partial charge is 0.444 e. The summed E-state index contributed by atoms with van der Waals surface area (Å²) in [5, 5.41) is 32.7. The van der Waals surface area contributed by atoms with Gasteiger partial charge in [0.05, 0.1) is 25.2 Å². The van der Waals surface area contributed by atoms with Gasteiger partial charge in [-0.2, -0.15) is 0 Å². The monoisotopic (exact) mass is 1500 g/mol. The number of carbonyl (C=O) groups is 13. The molecule has 0 aromatic heterocycles. The molecule has 0 spiro atoms. The molecule has 2 aliphatic carbocycles. The number of fused-ring (bicyclic) bond motifs is 6. The van der Waals surface area contributed by atoms with Crippen molar-refractivity contribution in [3.8, 4) is 0 Å². The SMILES string of the molecule is CN(C)C(=O)[C@@H](NC(=O)CNC(=O)C(=O)[C@@H]1CCCCC=CCCCC[C@H](NC(=O)OC(C)(C)C)C(=O)N2C[C@H]3[C@@H]([C@H]2C(=O)N1)C3(C)C)c1ccccc1.CN(C)C(=O)[C@@H](NC(=O)CNC(=O)C(O)[C@@H]1CCCCC=CCCCC[C@H](NC(=O)OC(C)(C)C)C(=O)N2C[C@H]3[C@@H]([C@H]2C(=O)N1)C3(C)C)c1ccccc1. The first-order chi connectivity index (χ1) is 50.8. The third kappa shape index (κ3) is 23.9. The van der Waals surface area contributed by atoms with Crippen molar-refractivity contribution in [1.82, 2.24) is 62.1 Å². The molecule has 2 aromatic carbocycles. The highest BCUT2D eigenvalue weighted by molar-refractivity contribution is 6.38. The lowest BCUT2D eigenvalue weighted by atomic mass is 9.97. The van der Waals surface area contributed by atoms with Gasteiger partial charge >= 0.3 is 12.2 Å². The van der Waals surface area contributed by atoms with Gasteiger partial charge in [-0.1, -0.05) is 138 Å². The first kappa shape index (κ1) is 86.0. The van der Waals surface area contributed by atoms with Crippen LogP contribution in [-0.4, -0.2) is 210 Å². The smallest absolute Gasteiger partial charge is 0.408 e. The Morgan fingerprint density at radius 2 is 0.898 bits per heavy atom. The number of allylic oxidation sites excluding steroid dienone is 4. The van der Waals surface area contributed by atoms with Crippen molar-refractivity contribution >= 4 is 77.0 Å². The molecule has 0 bridgehead atoms. The minimum atomic E-state index is -1.71. The van der Waals surface area contributed by atoms with Crippen LogP contribution in [-0.2, 0) is 62.2 Å². The van der Waals surface area contributed by atoms with Gasteiger partial charge in [-0.3, -0.25) is 52.7 Å². The number of aliphatic hydroxyl groups is 1. The molecule has 4 fully saturated rings. The lowest BCUT2D eigenvalue weighted by Gasteiger charge is -2.34. The number of benzene rings is 2. The first-order valence-corrected chi connectivity index (χ1v) is 38.2. The van der Waals surface area contributed by atoms with Crippen LogP contribution in [0.5, 0.6) is 0 Å². The van der Waals surface area contributed by atoms with E-state index in [0.717, 1.165) is 44.9 Å². The number of nitrogens with zero attached hydrogens (tertiary/aromatic N) is 4. The number of nitrogens with one attached hydrogen (secondary N) is 8. The second kappa shape index (κ2) is 38.2. The van der Waals surface area contributed by atoms with Gasteiger partial charge in [-0.05, 0) is 164 Å². The van der Waals surface area contributed by atoms with Crippen LogP contribution in [0.15, 0.2) is 85.0 Å². The minimum Gasteiger partial charge on any atom is -0.444 e. The Morgan fingerprint density at radius 1 is 0.528 bits per heavy atom. The number of aliphatic hydroxyl groups excluding tert-OH is 1. The Hall–Kier alpha value is -9.21. The molecule has 2 saturated heterocycles. The number of piperidine rings is 2. The molecule has 12 amide bonds. The standard InChI is InChI=1S/C40H60N6O8.C40H58N6O8/c2*1-39(2,3)54-38(53)43-28-22-18-13-11-9-8-10-12-17-21-27(42-34(49)32-30-26(40(30,4)5)24-46(32)36(28)51)33(48)35(50)41-23-29(47)44-31(37(52)45(6)7)25-19-15-14-16-20-25/h8-9,14-16,19-20,26-28,30-33,48H,10-13,17-18,21-24H2,1-7H3,(H,41,50)(H,42,49)(H,43,53)(H,44,47);8-9,14-16,19-20,26-28,30-32H,10-13,17-18,21-24H2,1-7H3,(H,41,50)(H,42,49)(H,43,53)(H,44,47)/t26-,27-,28-,30-,31-,32-,33?;26-,27-,28-,30-,31-,32-/m00/s1. The van der Waals surface area contributed by atoms with E-state index in [1.54, 1.807) is 135 Å². The van der Waals surface area contributed by atoms with E-state index in [0.29, 0.717) is 69.2 Å². The first-order valence-electron chi connectivity index (χ1n) is 38.2. The van der Waals surface area contributed by atoms with E-state index in [2.05, 4.69) is 80.7 Å². The Labute approximate surface area is 635 Å². The summed E-state index contributed by atoms with van der Waals surface area (Å²) in [4.78, 5) is 180. The fourth-order valence-corrected chi connectivity index (χ4v) is 15.1. The number of ether oxygens (including phenoxy) is 2. The zero-order chi connectivity index (χ0) is 79.6. The molecule has 594 valence electrons. The molecule has 2 aromatic rings. The van der Waals surface area contributed by atoms with E-state index in [-0.39, 0.29) is 65.1 Å². The van der Waals surface area contributed by atoms with E-state index in [4.69, 9.17) is 9.47 Å². The zero-order valence-corrected chi connectivity index (χ0v) is 65.6. The second-order valence-corrected chi connectivity index (χ2v) is 32.9. The van der Waals surface area contributed by atoms with E-state index >= 15 is 0 Å². The molecular formula is C80H118N12O16. The Balaban J connectivity index is 0.000000301. The van der Waals surface area contributed by atoms with Crippen molar-refractivity contribution in [1.29, 1.82) is 0 Å². The Kier molecular flexibility index (Phi) is 30.5. The summed E-state index contributed by atoms with van der Waals surface area (Å²) < 4.78 is 10.9. The quantitative estimate of drug-likeness (QED) is 0.0674. The molecule has 28 nitrogen and oxygen atoms in total. The summed E-state index contributed by atoms with van der Waals surface area (Å²) in [6, 6.07) is 9.59. The number of amides is 12. The number of ketones is 1. The summed E-state index contributed by atoms with van der Waals surface area (Å²) >= 11 is 0. The number of carbonyl (C=O) groups excluding carboxylic acids is 13. The van der Waals surface area contributed by atoms with E-state index in [9.17, 15) is 67.4 Å². The molecule has 8 rings (SSSR count). The fraction of sp³-hybridized carbons (Fsp3) is 0.637. The predicted molar refractivity (Wildman–Crippen MR) is 404 cm³/mol. The number of likely N-dealkylation sites (N-methyl/N-ethyl adjacent to an activating group) is 2. The van der Waals surface area contributed by atoms with Crippen LogP contribution in [0.1, 0.15) is 195 Å². The van der Waals surface area contributed by atoms with Crippen molar-refractivity contribution in [2.75, 3.05) is 54.4 Å². The highest BCUT2D eigenvalue weighted by Gasteiger charge is 2.71. The van der Waals surface area contributed by atoms with Gasteiger partial charge in [0, 0.05) is 41.3 Å². The number of hydrogen-bond acceptors (Lipinski definition) is 16. The van der Waals surface area contributed by atoms with Crippen molar-refractivity contribution in [2.45, 2.75) is 238 Å². The third-order valence-corrected chi connectivity index (χ3v) is 21.2. The van der Waals surface area contributed by atoms with Gasteiger partial charge in [-0.15, -0.1) is 0 Å². The van der Waals surface area contributed by atoms with Crippen LogP contribution in [0.2, 0.25) is 0 Å². The highest BCUT2D eigenvalue weighted by Crippen LogP contribution is 2.66. The number of alkyl carbamates (subject to hydrolysis) is 2. The van der Waals surface area contributed by atoms with Gasteiger partial charge in [0.1, 0.15) is 47.5 Å². The molecule has 4 aliphatic heterocycles. The van der Waals surface area contributed by atoms with Gasteiger partial charge in [0.2, 0.25) is 53.0 Å². The maximum absolute atomic E-state index is 14.2. The summed E-state index contributed by atoms with van der Waals surface area (Å²) in [6.45, 7) is 18.2. The molecule has 108 heavy (non-hydrogen) atoms. The summed E-state index contributed by atoms with van der Waals surface area (Å²) in [7, 11) is 6.29. The number of hydrogen-bond donors (Lipinski definition) is 9. The van der Waals surface area contributed by atoms with Crippen LogP contribution in [0.4, 0.5) is 9.59 Å². The summed E-state index contributed by atoms with van der Waals surface area (Å²) in [6.07, 6.45) is 15.0. The molecular weight excluding hydrogens is 1380 g/mol. The predicted octanol–water partition coefficient (Wildman–Crippen LogP) is 6.13. The molecule has 28 heteroatoms. The lowest BCUT2D eigenvalue weighted by molar-refractivity contribution is -0.144. The lowest BCUT2D eigenvalue weighted by Crippen LogP contribution is -2.59. The van der Waals surface area contributed by atoms with Crippen LogP contribution >= 0.6 is 0 Å². The average Bonchev–Trinajstić information content (AvgIpc) is 1.53. The molecule has 6 aliphatic rings. The molecule has 1 unspecified atom stereocenters. The van der Waals surface area contributed by atoms with Crippen molar-refractivity contribution in [3.63, 3.8) is 0 Å². The van der Waals surface area contributed by atoms with Gasteiger partial charge in [0.15, 0.2) is 6.10 Å². The topological polar surface area (TPSA) is 370 Å². The highest BCUT2D eigenvalue weighted by atomic mass is 16.6. The molecule has 4 heterocycles. The van der Waals surface area contributed by atoms with Gasteiger partial charge in [-0.25, -0.2) is 9.59 Å². The van der Waals surface area contributed by atoms with Crippen molar-refractivity contribution in [3.05, 3.63) is 96.1 Å². The number of Topliss-reactive ketones (excluding diaryl/α,β-unsaturated/α-hetero) is 1. The normalized spacial score (nSPS) is 25.4. The third-order valence-electron chi connectivity index (χ3n) is 21.2. The van der Waals surface area contributed by atoms with Gasteiger partial charge in [0.25, 0.3) is 11.8 Å². The van der Waals surface area contributed by atoms with E-state index in [1.165, 1.54) is 14.7 Å². The minimum absolute atomic E-state index is 0.0464. The van der Waals surface area contributed by atoms with Crippen LogP contribution in [0.25, 0.3) is 0 Å². The average molecular weight is 1500 g/mol. The second-order valence-electron chi connectivity index (χ2n) is 32.9. The number of rotatable bonds is 16. The van der Waals surface area contributed by atoms with E-state index in [1.807, 2.05) is 13.8 Å². The Morgan fingerprint density at radius 3 is 1.29 bits per heavy atom. The maximum atomic E-state index is 14.2. The van der Waals surface area contributed by atoms with E-state index < -0.39 is 138 Å². The Bertz CT molecular complexity index is 3590. The maximum Gasteiger partial charge on any atom is 0.408 e. The van der Waals surface area contributed by atoms with Crippen LogP contribution in [0, 0.1) is 34.5 Å². The summed E-state index contributed by atoms with van der Waals surface area (Å²) in [5.41, 5.74) is -0.849. The zero-order valence-electron chi connectivity index (χ0n) is 65.6. The van der Waals surface area contributed by atoms with Crippen molar-refractivity contribution < 1.29 is 76.9 Å². The van der Waals surface area contributed by atoms with Crippen LogP contribution < -0.4 is 42.5 Å².